The van der Waals surface area contributed by atoms with Crippen molar-refractivity contribution in [2.45, 2.75) is 26.3 Å². The fourth-order valence-electron chi connectivity index (χ4n) is 2.22. The van der Waals surface area contributed by atoms with Crippen molar-refractivity contribution < 1.29 is 14.7 Å². The molecular formula is C16H24N2O3. The van der Waals surface area contributed by atoms with Crippen LogP contribution < -0.4 is 5.32 Å². The first-order valence-electron chi connectivity index (χ1n) is 7.08. The Bertz CT molecular complexity index is 471. The van der Waals surface area contributed by atoms with Gasteiger partial charge in [0.1, 0.15) is 0 Å². The van der Waals surface area contributed by atoms with Crippen LogP contribution in [0.4, 0.5) is 0 Å². The van der Waals surface area contributed by atoms with Crippen molar-refractivity contribution in [2.24, 2.45) is 5.92 Å². The van der Waals surface area contributed by atoms with E-state index in [0.717, 1.165) is 13.0 Å². The Kier molecular flexibility index (Phi) is 6.37. The molecule has 0 aromatic heterocycles. The Balaban J connectivity index is 2.73. The SMILES string of the molecule is CC(C)CC(CN(C)C)NC(=O)c1ccc(C(=O)O)cc1. The lowest BCUT2D eigenvalue weighted by Gasteiger charge is -2.24. The van der Waals surface area contributed by atoms with Gasteiger partial charge in [-0.1, -0.05) is 13.8 Å². The zero-order chi connectivity index (χ0) is 16.0. The molecule has 0 aliphatic rings. The smallest absolute Gasteiger partial charge is 0.335 e. The van der Waals surface area contributed by atoms with Crippen LogP contribution in [-0.4, -0.2) is 48.6 Å². The number of hydrogen-bond donors (Lipinski definition) is 2. The maximum Gasteiger partial charge on any atom is 0.335 e. The molecule has 0 saturated heterocycles. The second-order valence-electron chi connectivity index (χ2n) is 5.94. The number of likely N-dealkylation sites (N-methyl/N-ethyl adjacent to an activating group) is 1. The molecule has 21 heavy (non-hydrogen) atoms. The summed E-state index contributed by atoms with van der Waals surface area (Å²) in [7, 11) is 3.95. The van der Waals surface area contributed by atoms with Gasteiger partial charge in [0.25, 0.3) is 5.91 Å². The topological polar surface area (TPSA) is 69.6 Å². The highest BCUT2D eigenvalue weighted by atomic mass is 16.4. The Morgan fingerprint density at radius 2 is 1.67 bits per heavy atom. The van der Waals surface area contributed by atoms with E-state index in [1.165, 1.54) is 12.1 Å². The first-order chi connectivity index (χ1) is 9.79. The number of hydrogen-bond acceptors (Lipinski definition) is 3. The standard InChI is InChI=1S/C16H24N2O3/c1-11(2)9-14(10-18(3)4)17-15(19)12-5-7-13(8-6-12)16(20)21/h5-8,11,14H,9-10H2,1-4H3,(H,17,19)(H,20,21). The van der Waals surface area contributed by atoms with Crippen LogP contribution >= 0.6 is 0 Å². The number of nitrogens with one attached hydrogen (secondary N) is 1. The van der Waals surface area contributed by atoms with Crippen LogP contribution in [0.2, 0.25) is 0 Å². The average molecular weight is 292 g/mol. The molecule has 2 N–H and O–H groups in total. The van der Waals surface area contributed by atoms with E-state index in [0.29, 0.717) is 11.5 Å². The van der Waals surface area contributed by atoms with Gasteiger partial charge in [-0.3, -0.25) is 4.79 Å². The van der Waals surface area contributed by atoms with Crippen LogP contribution in [0.25, 0.3) is 0 Å². The number of carbonyl (C=O) groups is 2. The number of amides is 1. The fraction of sp³-hybridized carbons (Fsp3) is 0.500. The third-order valence-electron chi connectivity index (χ3n) is 3.07. The molecule has 1 atom stereocenters. The molecule has 0 spiro atoms. The first kappa shape index (κ1) is 17.2. The molecule has 0 fully saturated rings. The van der Waals surface area contributed by atoms with Gasteiger partial charge in [0.2, 0.25) is 0 Å². The van der Waals surface area contributed by atoms with Gasteiger partial charge in [0.15, 0.2) is 0 Å². The lowest BCUT2D eigenvalue weighted by molar-refractivity contribution is 0.0696. The highest BCUT2D eigenvalue weighted by molar-refractivity contribution is 5.96. The summed E-state index contributed by atoms with van der Waals surface area (Å²) in [6.45, 7) is 5.02. The van der Waals surface area contributed by atoms with Crippen LogP contribution in [0, 0.1) is 5.92 Å². The predicted octanol–water partition coefficient (Wildman–Crippen LogP) is 2.09. The normalized spacial score (nSPS) is 12.5. The summed E-state index contributed by atoms with van der Waals surface area (Å²) < 4.78 is 0. The molecule has 0 bridgehead atoms. The molecule has 0 aliphatic carbocycles. The monoisotopic (exact) mass is 292 g/mol. The molecule has 5 nitrogen and oxygen atoms in total. The number of carboxylic acids is 1. The second kappa shape index (κ2) is 7.78. The largest absolute Gasteiger partial charge is 0.478 e. The van der Waals surface area contributed by atoms with Gasteiger partial charge in [0, 0.05) is 18.2 Å². The zero-order valence-electron chi connectivity index (χ0n) is 13.1. The third kappa shape index (κ3) is 5.95. The summed E-state index contributed by atoms with van der Waals surface area (Å²) >= 11 is 0. The molecule has 1 unspecified atom stereocenters. The molecule has 1 amide bonds. The summed E-state index contributed by atoms with van der Waals surface area (Å²) in [5.41, 5.74) is 0.658. The minimum Gasteiger partial charge on any atom is -0.478 e. The first-order valence-corrected chi connectivity index (χ1v) is 7.08. The number of nitrogens with zero attached hydrogens (tertiary/aromatic N) is 1. The van der Waals surface area contributed by atoms with Crippen molar-refractivity contribution in [1.29, 1.82) is 0 Å². The maximum absolute atomic E-state index is 12.2. The Labute approximate surface area is 126 Å². The van der Waals surface area contributed by atoms with Gasteiger partial charge >= 0.3 is 5.97 Å². The van der Waals surface area contributed by atoms with E-state index < -0.39 is 5.97 Å². The minimum atomic E-state index is -0.993. The van der Waals surface area contributed by atoms with Gasteiger partial charge in [-0.05, 0) is 50.7 Å². The van der Waals surface area contributed by atoms with Crippen molar-refractivity contribution in [3.05, 3.63) is 35.4 Å². The number of carboxylic acid groups (broad SMARTS) is 1. The fourth-order valence-corrected chi connectivity index (χ4v) is 2.22. The van der Waals surface area contributed by atoms with Crippen molar-refractivity contribution in [3.8, 4) is 0 Å². The van der Waals surface area contributed by atoms with E-state index >= 15 is 0 Å². The van der Waals surface area contributed by atoms with Gasteiger partial charge in [0.05, 0.1) is 5.56 Å². The van der Waals surface area contributed by atoms with E-state index in [1.807, 2.05) is 19.0 Å². The molecule has 0 saturated carbocycles. The van der Waals surface area contributed by atoms with Crippen LogP contribution in [0.3, 0.4) is 0 Å². The van der Waals surface area contributed by atoms with Crippen molar-refractivity contribution in [3.63, 3.8) is 0 Å². The minimum absolute atomic E-state index is 0.0756. The number of benzene rings is 1. The average Bonchev–Trinajstić information content (AvgIpc) is 2.37. The quantitative estimate of drug-likeness (QED) is 0.807. The summed E-state index contributed by atoms with van der Waals surface area (Å²) in [6, 6.07) is 6.05. The summed E-state index contributed by atoms with van der Waals surface area (Å²) in [4.78, 5) is 25.1. The van der Waals surface area contributed by atoms with Crippen molar-refractivity contribution >= 4 is 11.9 Å². The van der Waals surface area contributed by atoms with Gasteiger partial charge in [-0.15, -0.1) is 0 Å². The number of carbonyl (C=O) groups excluding carboxylic acids is 1. The molecule has 5 heteroatoms. The molecule has 0 aliphatic heterocycles. The van der Waals surface area contributed by atoms with Gasteiger partial charge in [-0.2, -0.15) is 0 Å². The van der Waals surface area contributed by atoms with Gasteiger partial charge < -0.3 is 15.3 Å². The molecule has 116 valence electrons. The molecule has 0 heterocycles. The summed E-state index contributed by atoms with van der Waals surface area (Å²) in [5.74, 6) is -0.670. The molecule has 1 aromatic rings. The second-order valence-corrected chi connectivity index (χ2v) is 5.94. The molecular weight excluding hydrogens is 268 g/mol. The van der Waals surface area contributed by atoms with Crippen LogP contribution in [-0.2, 0) is 0 Å². The van der Waals surface area contributed by atoms with E-state index in [2.05, 4.69) is 19.2 Å². The Hall–Kier alpha value is -1.88. The highest BCUT2D eigenvalue weighted by Gasteiger charge is 2.16. The van der Waals surface area contributed by atoms with E-state index in [-0.39, 0.29) is 17.5 Å². The predicted molar refractivity (Wildman–Crippen MR) is 82.7 cm³/mol. The van der Waals surface area contributed by atoms with E-state index in [9.17, 15) is 9.59 Å². The van der Waals surface area contributed by atoms with E-state index in [4.69, 9.17) is 5.11 Å². The summed E-state index contributed by atoms with van der Waals surface area (Å²) in [5, 5.41) is 11.9. The molecule has 1 rings (SSSR count). The molecule has 1 aromatic carbocycles. The summed E-state index contributed by atoms with van der Waals surface area (Å²) in [6.07, 6.45) is 0.900. The van der Waals surface area contributed by atoms with Crippen molar-refractivity contribution in [1.82, 2.24) is 10.2 Å². The maximum atomic E-state index is 12.2. The third-order valence-corrected chi connectivity index (χ3v) is 3.07. The Morgan fingerprint density at radius 3 is 2.10 bits per heavy atom. The van der Waals surface area contributed by atoms with Crippen LogP contribution in [0.15, 0.2) is 24.3 Å². The van der Waals surface area contributed by atoms with E-state index in [1.54, 1.807) is 12.1 Å². The van der Waals surface area contributed by atoms with Crippen LogP contribution in [0.5, 0.6) is 0 Å². The highest BCUT2D eigenvalue weighted by Crippen LogP contribution is 2.09. The lowest BCUT2D eigenvalue weighted by Crippen LogP contribution is -2.42. The van der Waals surface area contributed by atoms with Gasteiger partial charge in [-0.25, -0.2) is 4.79 Å². The number of rotatable bonds is 7. The molecule has 0 radical (unpaired) electrons. The van der Waals surface area contributed by atoms with Crippen molar-refractivity contribution in [2.75, 3.05) is 20.6 Å². The number of aromatic carboxylic acids is 1. The Morgan fingerprint density at radius 1 is 1.14 bits per heavy atom. The lowest BCUT2D eigenvalue weighted by atomic mass is 10.0. The van der Waals surface area contributed by atoms with Crippen LogP contribution in [0.1, 0.15) is 41.0 Å². The zero-order valence-corrected chi connectivity index (χ0v) is 13.1.